The van der Waals surface area contributed by atoms with Gasteiger partial charge in [-0.05, 0) is 0 Å². The summed E-state index contributed by atoms with van der Waals surface area (Å²) in [5, 5.41) is 44.5. The Morgan fingerprint density at radius 1 is 0.345 bits per heavy atom. The van der Waals surface area contributed by atoms with E-state index in [2.05, 4.69) is 0 Å². The number of rotatable bonds is 0. The van der Waals surface area contributed by atoms with E-state index in [0.717, 1.165) is 41.5 Å². The van der Waals surface area contributed by atoms with Crippen LogP contribution in [0.4, 0.5) is 0 Å². The van der Waals surface area contributed by atoms with Crippen molar-refractivity contribution in [2.45, 2.75) is 41.5 Å². The van der Waals surface area contributed by atoms with Gasteiger partial charge in [0.1, 0.15) is 0 Å². The van der Waals surface area contributed by atoms with Crippen LogP contribution in [0, 0.1) is 0 Å². The minimum atomic E-state index is -0.833. The summed E-state index contributed by atoms with van der Waals surface area (Å²) in [5.41, 5.74) is 0. The first-order chi connectivity index (χ1) is 10.4. The topological polar surface area (TPSA) is 255 Å². The molecule has 0 unspecified atom stereocenters. The first-order valence-corrected chi connectivity index (χ1v) is 5.57. The van der Waals surface area contributed by atoms with E-state index in [-0.39, 0.29) is 83.4 Å². The van der Waals surface area contributed by atoms with Crippen molar-refractivity contribution in [3.05, 3.63) is 0 Å². The maximum atomic E-state index is 9.00. The summed E-state index contributed by atoms with van der Waals surface area (Å²) in [7, 11) is 0. The molecule has 160 valence electrons. The standard InChI is InChI=1S/6C2H4O2.H2O.4Zn/c6*1-2(3)4;;;;;/h6*1H3,(H,3,4);1H2;;;;. The van der Waals surface area contributed by atoms with E-state index in [1.807, 2.05) is 0 Å². The second-order valence-electron chi connectivity index (χ2n) is 3.11. The molecule has 0 atom stereocenters. The Morgan fingerprint density at radius 2 is 0.345 bits per heavy atom. The number of aliphatic carboxylic acids is 6. The molecule has 0 rings (SSSR count). The summed E-state index contributed by atoms with van der Waals surface area (Å²) >= 11 is 0. The molecule has 0 aromatic heterocycles. The van der Waals surface area contributed by atoms with Gasteiger partial charge in [0, 0.05) is 119 Å². The van der Waals surface area contributed by atoms with Gasteiger partial charge in [-0.1, -0.05) is 0 Å². The molecule has 29 heavy (non-hydrogen) atoms. The first kappa shape index (κ1) is 70.5. The van der Waals surface area contributed by atoms with Crippen LogP contribution in [0.3, 0.4) is 0 Å². The molecular weight excluding hydrogens is 614 g/mol. The summed E-state index contributed by atoms with van der Waals surface area (Å²) in [6.07, 6.45) is 0. The fourth-order valence-electron chi connectivity index (χ4n) is 0. The average Bonchev–Trinajstić information content (AvgIpc) is 2.08. The molecule has 0 aromatic rings. The fraction of sp³-hybridized carbons (Fsp3) is 0.500. The quantitative estimate of drug-likeness (QED) is 0.187. The number of carbonyl (C=O) groups is 6. The molecule has 8 N–H and O–H groups in total. The predicted octanol–water partition coefficient (Wildman–Crippen LogP) is -0.289. The molecule has 0 spiro atoms. The zero-order valence-corrected chi connectivity index (χ0v) is 29.3. The van der Waals surface area contributed by atoms with Crippen molar-refractivity contribution >= 4 is 35.8 Å². The molecule has 0 saturated heterocycles. The summed E-state index contributed by atoms with van der Waals surface area (Å²) in [6.45, 7) is 6.50. The summed E-state index contributed by atoms with van der Waals surface area (Å²) in [6, 6.07) is 0. The van der Waals surface area contributed by atoms with E-state index in [9.17, 15) is 0 Å². The molecule has 0 fully saturated rings. The van der Waals surface area contributed by atoms with E-state index in [0.29, 0.717) is 0 Å². The van der Waals surface area contributed by atoms with Gasteiger partial charge in [-0.2, -0.15) is 0 Å². The van der Waals surface area contributed by atoms with Gasteiger partial charge in [0.15, 0.2) is 0 Å². The Labute approximate surface area is 219 Å². The van der Waals surface area contributed by atoms with E-state index >= 15 is 0 Å². The zero-order valence-electron chi connectivity index (χ0n) is 17.5. The summed E-state index contributed by atoms with van der Waals surface area (Å²) in [4.78, 5) is 54.0. The van der Waals surface area contributed by atoms with E-state index in [4.69, 9.17) is 59.4 Å². The van der Waals surface area contributed by atoms with Crippen molar-refractivity contribution in [1.29, 1.82) is 0 Å². The average molecular weight is 640 g/mol. The van der Waals surface area contributed by atoms with Gasteiger partial charge in [-0.3, -0.25) is 28.8 Å². The minimum Gasteiger partial charge on any atom is -0.481 e. The van der Waals surface area contributed by atoms with Crippen LogP contribution in [0.15, 0.2) is 0 Å². The molecular formula is C12H26O13Zn4. The molecule has 13 nitrogen and oxygen atoms in total. The smallest absolute Gasteiger partial charge is 0.300 e. The normalized spacial score (nSPS) is 5.17. The Hall–Kier alpha value is -0.726. The van der Waals surface area contributed by atoms with Crippen molar-refractivity contribution in [2.24, 2.45) is 0 Å². The van der Waals surface area contributed by atoms with Gasteiger partial charge >= 0.3 is 0 Å². The van der Waals surface area contributed by atoms with Gasteiger partial charge in [0.2, 0.25) is 0 Å². The largest absolute Gasteiger partial charge is 0.481 e. The molecule has 0 aliphatic carbocycles. The molecule has 0 radical (unpaired) electrons. The van der Waals surface area contributed by atoms with Crippen molar-refractivity contribution in [2.75, 3.05) is 0 Å². The van der Waals surface area contributed by atoms with Crippen molar-refractivity contribution in [1.82, 2.24) is 0 Å². The Morgan fingerprint density at radius 3 is 0.345 bits per heavy atom. The second-order valence-corrected chi connectivity index (χ2v) is 3.11. The van der Waals surface area contributed by atoms with Gasteiger partial charge in [0.25, 0.3) is 35.8 Å². The third-order valence-electron chi connectivity index (χ3n) is 0. The maximum absolute atomic E-state index is 9.00. The van der Waals surface area contributed by atoms with Crippen LogP contribution in [-0.4, -0.2) is 71.9 Å². The number of hydrogen-bond acceptors (Lipinski definition) is 6. The van der Waals surface area contributed by atoms with Crippen molar-refractivity contribution in [3.8, 4) is 0 Å². The van der Waals surface area contributed by atoms with Crippen molar-refractivity contribution in [3.63, 3.8) is 0 Å². The molecule has 0 amide bonds. The van der Waals surface area contributed by atoms with Crippen LogP contribution >= 0.6 is 0 Å². The van der Waals surface area contributed by atoms with E-state index in [1.54, 1.807) is 0 Å². The molecule has 0 aliphatic rings. The minimum absolute atomic E-state index is 0. The molecule has 0 aliphatic heterocycles. The van der Waals surface area contributed by atoms with Crippen LogP contribution in [0.25, 0.3) is 0 Å². The predicted molar refractivity (Wildman–Crippen MR) is 83.5 cm³/mol. The summed E-state index contributed by atoms with van der Waals surface area (Å²) in [5.74, 6) is -5.00. The number of hydrogen-bond donors (Lipinski definition) is 6. The molecule has 0 heterocycles. The Balaban J connectivity index is -0.0000000144. The van der Waals surface area contributed by atoms with Crippen molar-refractivity contribution < 1.29 is 143 Å². The SMILES string of the molecule is CC(=O)O.CC(=O)O.CC(=O)O.CC(=O)O.CC(=O)O.CC(=O)O.O.[Zn].[Zn].[Zn].[Zn]. The van der Waals surface area contributed by atoms with Crippen LogP contribution in [0.2, 0.25) is 0 Å². The fourth-order valence-corrected chi connectivity index (χ4v) is 0. The van der Waals surface area contributed by atoms with Crippen LogP contribution < -0.4 is 0 Å². The van der Waals surface area contributed by atoms with Gasteiger partial charge in [-0.25, -0.2) is 0 Å². The van der Waals surface area contributed by atoms with Gasteiger partial charge < -0.3 is 36.1 Å². The summed E-state index contributed by atoms with van der Waals surface area (Å²) < 4.78 is 0. The van der Waals surface area contributed by atoms with E-state index < -0.39 is 35.8 Å². The maximum Gasteiger partial charge on any atom is 0.300 e. The molecule has 0 bridgehead atoms. The monoisotopic (exact) mass is 634 g/mol. The third kappa shape index (κ3) is 33000. The van der Waals surface area contributed by atoms with Gasteiger partial charge in [-0.15, -0.1) is 0 Å². The van der Waals surface area contributed by atoms with Crippen LogP contribution in [-0.2, 0) is 107 Å². The Bertz CT molecular complexity index is 273. The second kappa shape index (κ2) is 63.1. The number of carboxylic acids is 6. The number of carboxylic acid groups (broad SMARTS) is 6. The Kier molecular flexibility index (Phi) is 153. The first-order valence-electron chi connectivity index (χ1n) is 5.57. The van der Waals surface area contributed by atoms with Crippen LogP contribution in [0.1, 0.15) is 41.5 Å². The van der Waals surface area contributed by atoms with Gasteiger partial charge in [0.05, 0.1) is 0 Å². The third-order valence-corrected chi connectivity index (χ3v) is 0. The molecule has 17 heteroatoms. The van der Waals surface area contributed by atoms with E-state index in [1.165, 1.54) is 0 Å². The zero-order chi connectivity index (χ0) is 21.5. The molecule has 0 saturated carbocycles. The van der Waals surface area contributed by atoms with Crippen LogP contribution in [0.5, 0.6) is 0 Å². The molecule has 0 aromatic carbocycles.